The van der Waals surface area contributed by atoms with E-state index in [0.717, 1.165) is 62.4 Å². The average Bonchev–Trinajstić information content (AvgIpc) is 3.61. The van der Waals surface area contributed by atoms with Crippen LogP contribution in [-0.4, -0.2) is 60.0 Å². The first-order valence-electron chi connectivity index (χ1n) is 12.8. The third-order valence-electron chi connectivity index (χ3n) is 4.26. The van der Waals surface area contributed by atoms with E-state index in [1.54, 1.807) is 17.9 Å². The van der Waals surface area contributed by atoms with Crippen LogP contribution in [0.25, 0.3) is 0 Å². The molecule has 2 aromatic rings. The van der Waals surface area contributed by atoms with Gasteiger partial charge in [-0.05, 0) is 30.0 Å². The Morgan fingerprint density at radius 2 is 1.81 bits per heavy atom. The molecule has 1 unspecified atom stereocenters. The Morgan fingerprint density at radius 3 is 2.35 bits per heavy atom. The van der Waals surface area contributed by atoms with Crippen molar-refractivity contribution in [1.29, 1.82) is 0 Å². The van der Waals surface area contributed by atoms with Crippen molar-refractivity contribution < 1.29 is 13.7 Å². The van der Waals surface area contributed by atoms with Crippen molar-refractivity contribution in [2.45, 2.75) is 61.9 Å². The second-order valence-corrected chi connectivity index (χ2v) is 10.9. The molecule has 1 saturated heterocycles. The monoisotopic (exact) mass is 574 g/mol. The van der Waals surface area contributed by atoms with Crippen LogP contribution < -0.4 is 10.6 Å². The summed E-state index contributed by atoms with van der Waals surface area (Å²) in [6.07, 6.45) is 4.21. The molecule has 9 nitrogen and oxygen atoms in total. The van der Waals surface area contributed by atoms with Crippen LogP contribution in [0.4, 0.5) is 11.6 Å². The summed E-state index contributed by atoms with van der Waals surface area (Å²) in [4.78, 5) is 2.31. The lowest BCUT2D eigenvalue weighted by atomic mass is 10.3. The summed E-state index contributed by atoms with van der Waals surface area (Å²) in [6.45, 7) is 21.3. The highest BCUT2D eigenvalue weighted by molar-refractivity contribution is 8.17. The number of rotatable bonds is 10. The number of aliphatic hydroxyl groups is 1. The summed E-state index contributed by atoms with van der Waals surface area (Å²) in [5, 5.41) is 17.4. The lowest BCUT2D eigenvalue weighted by molar-refractivity contribution is 0.201. The molecule has 0 saturated carbocycles. The first kappa shape index (κ1) is 35.1. The van der Waals surface area contributed by atoms with Crippen LogP contribution in [0.15, 0.2) is 44.9 Å². The zero-order valence-electron chi connectivity index (χ0n) is 23.6. The van der Waals surface area contributed by atoms with Crippen molar-refractivity contribution in [1.82, 2.24) is 18.0 Å². The number of aromatic nitrogens is 2. The molecule has 0 amide bonds. The fraction of sp³-hybridized carbons (Fsp3) is 0.600. The van der Waals surface area contributed by atoms with Crippen molar-refractivity contribution >= 4 is 46.1 Å². The standard InChI is InChI=1S/C17H24N6O3S3.C4H10.2C2H6/c1-2-22-6-8-23(9-7-22)29(25)15(13-24)27-11-5-18-16-17(21-28-20-16)19-12-14-4-3-10-26-14;1-4(2)3;2*1-2/h3-5,10-11,13,24H,2,6-9,12H2,1H3,(H,18,20)(H,19,21);4H,1-3H3;2*1-2H3/b11-5+,15-13-;;;. The SMILES string of the molecule is CC.CC.CC(C)C.CCN1CCN(S(=O)/C(=C\O)S/C=C/Nc2nsnc2NCc2ccco2)CC1. The van der Waals surface area contributed by atoms with Gasteiger partial charge >= 0.3 is 0 Å². The molecule has 0 aliphatic carbocycles. The lowest BCUT2D eigenvalue weighted by Crippen LogP contribution is -2.46. The van der Waals surface area contributed by atoms with Crippen LogP contribution in [0.5, 0.6) is 0 Å². The summed E-state index contributed by atoms with van der Waals surface area (Å²) < 4.78 is 28.6. The number of aliphatic hydroxyl groups excluding tert-OH is 1. The molecular formula is C25H46N6O3S3. The van der Waals surface area contributed by atoms with Gasteiger partial charge in [-0.15, -0.1) is 0 Å². The van der Waals surface area contributed by atoms with Gasteiger partial charge in [0.1, 0.15) is 27.2 Å². The molecule has 3 rings (SSSR count). The van der Waals surface area contributed by atoms with Gasteiger partial charge in [-0.1, -0.05) is 67.2 Å². The van der Waals surface area contributed by atoms with Crippen LogP contribution in [0.1, 0.15) is 61.2 Å². The van der Waals surface area contributed by atoms with E-state index in [4.69, 9.17) is 4.42 Å². The van der Waals surface area contributed by atoms with E-state index < -0.39 is 11.0 Å². The number of piperazine rings is 1. The number of nitrogens with one attached hydrogen (secondary N) is 2. The molecule has 3 N–H and O–H groups in total. The Morgan fingerprint density at radius 1 is 1.19 bits per heavy atom. The number of hydrogen-bond donors (Lipinski definition) is 3. The fourth-order valence-corrected chi connectivity index (χ4v) is 5.13. The maximum Gasteiger partial charge on any atom is 0.188 e. The summed E-state index contributed by atoms with van der Waals surface area (Å²) in [5.41, 5.74) is 0. The van der Waals surface area contributed by atoms with E-state index in [9.17, 15) is 9.32 Å². The Hall–Kier alpha value is -1.86. The first-order chi connectivity index (χ1) is 17.9. The molecule has 212 valence electrons. The molecular weight excluding hydrogens is 529 g/mol. The molecule has 2 aromatic heterocycles. The van der Waals surface area contributed by atoms with Gasteiger partial charge in [0.15, 0.2) is 11.6 Å². The topological polar surface area (TPSA) is 107 Å². The van der Waals surface area contributed by atoms with E-state index in [0.29, 0.717) is 22.4 Å². The lowest BCUT2D eigenvalue weighted by Gasteiger charge is -2.32. The largest absolute Gasteiger partial charge is 0.514 e. The van der Waals surface area contributed by atoms with E-state index in [-0.39, 0.29) is 0 Å². The van der Waals surface area contributed by atoms with Gasteiger partial charge in [-0.2, -0.15) is 8.75 Å². The van der Waals surface area contributed by atoms with Crippen molar-refractivity contribution in [2.75, 3.05) is 43.4 Å². The number of furan rings is 1. The maximum atomic E-state index is 12.7. The minimum absolute atomic E-state index is 0.389. The predicted octanol–water partition coefficient (Wildman–Crippen LogP) is 6.73. The van der Waals surface area contributed by atoms with Gasteiger partial charge in [0.2, 0.25) is 0 Å². The Bertz CT molecular complexity index is 877. The van der Waals surface area contributed by atoms with Gasteiger partial charge in [0.05, 0.1) is 24.5 Å². The molecule has 0 aromatic carbocycles. The third kappa shape index (κ3) is 14.6. The average molecular weight is 575 g/mol. The highest BCUT2D eigenvalue weighted by atomic mass is 32.2. The summed E-state index contributed by atoms with van der Waals surface area (Å²) in [5.74, 6) is 2.84. The normalized spacial score (nSPS) is 15.1. The Balaban J connectivity index is 0.00000145. The molecule has 1 aliphatic heterocycles. The molecule has 1 fully saturated rings. The molecule has 37 heavy (non-hydrogen) atoms. The first-order valence-corrected chi connectivity index (χ1v) is 15.6. The molecule has 12 heteroatoms. The second-order valence-electron chi connectivity index (χ2n) is 7.75. The Kier molecular flexibility index (Phi) is 21.0. The molecule has 0 radical (unpaired) electrons. The van der Waals surface area contributed by atoms with E-state index in [1.165, 1.54) is 11.8 Å². The Labute approximate surface area is 234 Å². The molecule has 1 aliphatic rings. The minimum Gasteiger partial charge on any atom is -0.514 e. The van der Waals surface area contributed by atoms with Gasteiger partial charge in [0, 0.05) is 32.4 Å². The number of likely N-dealkylation sites (N-methyl/N-ethyl adjacent to an activating group) is 1. The smallest absolute Gasteiger partial charge is 0.188 e. The second kappa shape index (κ2) is 22.2. The summed E-state index contributed by atoms with van der Waals surface area (Å²) in [6, 6.07) is 3.71. The van der Waals surface area contributed by atoms with E-state index >= 15 is 0 Å². The van der Waals surface area contributed by atoms with Crippen LogP contribution >= 0.6 is 23.5 Å². The van der Waals surface area contributed by atoms with Gasteiger partial charge < -0.3 is 25.1 Å². The predicted molar refractivity (Wildman–Crippen MR) is 162 cm³/mol. The number of thioether (sulfide) groups is 1. The molecule has 1 atom stereocenters. The number of anilines is 2. The maximum absolute atomic E-state index is 12.7. The van der Waals surface area contributed by atoms with Crippen molar-refractivity contribution in [2.24, 2.45) is 5.92 Å². The summed E-state index contributed by atoms with van der Waals surface area (Å²) in [7, 11) is -1.37. The van der Waals surface area contributed by atoms with Crippen molar-refractivity contribution in [3.63, 3.8) is 0 Å². The van der Waals surface area contributed by atoms with Crippen molar-refractivity contribution in [3.8, 4) is 0 Å². The molecule has 0 spiro atoms. The molecule has 0 bridgehead atoms. The highest BCUT2D eigenvalue weighted by Crippen LogP contribution is 2.24. The fourth-order valence-electron chi connectivity index (χ4n) is 2.65. The zero-order valence-corrected chi connectivity index (χ0v) is 26.0. The number of hydrogen-bond acceptors (Lipinski definition) is 10. The third-order valence-corrected chi connectivity index (χ3v) is 7.40. The highest BCUT2D eigenvalue weighted by Gasteiger charge is 2.22. The van der Waals surface area contributed by atoms with Crippen LogP contribution in [0.3, 0.4) is 0 Å². The van der Waals surface area contributed by atoms with E-state index in [2.05, 4.69) is 52.0 Å². The van der Waals surface area contributed by atoms with E-state index in [1.807, 2.05) is 44.1 Å². The summed E-state index contributed by atoms with van der Waals surface area (Å²) >= 11 is 2.29. The van der Waals surface area contributed by atoms with Crippen molar-refractivity contribution in [3.05, 3.63) is 46.3 Å². The number of nitrogens with zero attached hydrogens (tertiary/aromatic N) is 4. The van der Waals surface area contributed by atoms with Gasteiger partial charge in [-0.25, -0.2) is 8.51 Å². The van der Waals surface area contributed by atoms with Crippen LogP contribution in [0, 0.1) is 5.92 Å². The van der Waals surface area contributed by atoms with Gasteiger partial charge in [-0.3, -0.25) is 0 Å². The zero-order chi connectivity index (χ0) is 28.1. The quantitative estimate of drug-likeness (QED) is 0.266. The van der Waals surface area contributed by atoms with Gasteiger partial charge in [0.25, 0.3) is 0 Å². The van der Waals surface area contributed by atoms with Crippen LogP contribution in [-0.2, 0) is 17.5 Å². The van der Waals surface area contributed by atoms with Crippen LogP contribution in [0.2, 0.25) is 0 Å². The minimum atomic E-state index is -1.37. The molecule has 3 heterocycles.